The van der Waals surface area contributed by atoms with Crippen LogP contribution in [-0.4, -0.2) is 82.0 Å². The van der Waals surface area contributed by atoms with Gasteiger partial charge in [0.05, 0.1) is 53.7 Å². The maximum absolute atomic E-state index is 12.5. The maximum Gasteiger partial charge on any atom is 0.408 e. The predicted molar refractivity (Wildman–Crippen MR) is 141 cm³/mol. The van der Waals surface area contributed by atoms with E-state index in [0.717, 1.165) is 0 Å². The zero-order valence-corrected chi connectivity index (χ0v) is 24.0. The van der Waals surface area contributed by atoms with Crippen LogP contribution in [0.15, 0.2) is 12.1 Å². The van der Waals surface area contributed by atoms with E-state index in [1.165, 1.54) is 14.2 Å². The number of methoxy groups -OCH3 is 2. The minimum absolute atomic E-state index is 0.0213. The molecule has 12 heteroatoms. The highest BCUT2D eigenvalue weighted by molar-refractivity contribution is 5.81. The lowest BCUT2D eigenvalue weighted by molar-refractivity contribution is -0.157. The molecule has 2 N–H and O–H groups in total. The van der Waals surface area contributed by atoms with Gasteiger partial charge in [-0.2, -0.15) is 0 Å². The fourth-order valence-electron chi connectivity index (χ4n) is 3.22. The van der Waals surface area contributed by atoms with Crippen molar-refractivity contribution < 1.29 is 52.6 Å². The SMILES string of the molecule is COc1cc(COC(=O)NC(CC(C)C)C(=O)OC(C)(C)C)cc(OC)c1OC(=O)CCOCCOCCO. The van der Waals surface area contributed by atoms with Gasteiger partial charge in [0.25, 0.3) is 0 Å². The minimum Gasteiger partial charge on any atom is -0.493 e. The van der Waals surface area contributed by atoms with Gasteiger partial charge in [-0.3, -0.25) is 4.79 Å². The highest BCUT2D eigenvalue weighted by Gasteiger charge is 2.28. The molecule has 0 aromatic heterocycles. The van der Waals surface area contributed by atoms with Gasteiger partial charge >= 0.3 is 18.0 Å². The normalized spacial score (nSPS) is 12.0. The van der Waals surface area contributed by atoms with Crippen molar-refractivity contribution in [3.63, 3.8) is 0 Å². The first-order valence-corrected chi connectivity index (χ1v) is 12.8. The van der Waals surface area contributed by atoms with Gasteiger partial charge in [0.15, 0.2) is 11.5 Å². The molecule has 1 rings (SSSR count). The van der Waals surface area contributed by atoms with Gasteiger partial charge in [-0.15, -0.1) is 0 Å². The number of nitrogens with one attached hydrogen (secondary N) is 1. The number of alkyl carbamates (subject to hydrolysis) is 1. The number of aliphatic hydroxyl groups excluding tert-OH is 1. The molecule has 1 unspecified atom stereocenters. The zero-order chi connectivity index (χ0) is 29.4. The Bertz CT molecular complexity index is 886. The Balaban J connectivity index is 2.77. The first-order chi connectivity index (χ1) is 18.4. The van der Waals surface area contributed by atoms with Crippen LogP contribution in [0.4, 0.5) is 4.79 Å². The third-order valence-electron chi connectivity index (χ3n) is 4.85. The van der Waals surface area contributed by atoms with E-state index in [2.05, 4.69) is 5.32 Å². The summed E-state index contributed by atoms with van der Waals surface area (Å²) in [6, 6.07) is 2.24. The number of hydrogen-bond donors (Lipinski definition) is 2. The second-order valence-corrected chi connectivity index (χ2v) is 9.94. The van der Waals surface area contributed by atoms with Gasteiger partial charge in [0, 0.05) is 0 Å². The number of benzene rings is 1. The van der Waals surface area contributed by atoms with Gasteiger partial charge in [0.2, 0.25) is 5.75 Å². The molecule has 12 nitrogen and oxygen atoms in total. The van der Waals surface area contributed by atoms with E-state index in [4.69, 9.17) is 38.3 Å². The molecule has 0 aliphatic rings. The summed E-state index contributed by atoms with van der Waals surface area (Å²) >= 11 is 0. The number of rotatable bonds is 17. The van der Waals surface area contributed by atoms with Crippen molar-refractivity contribution in [1.82, 2.24) is 5.32 Å². The summed E-state index contributed by atoms with van der Waals surface area (Å²) in [7, 11) is 2.80. The Morgan fingerprint density at radius 2 is 1.54 bits per heavy atom. The molecule has 0 fully saturated rings. The van der Waals surface area contributed by atoms with Crippen molar-refractivity contribution in [3.8, 4) is 17.2 Å². The Labute approximate surface area is 230 Å². The molecule has 0 saturated carbocycles. The molecule has 0 saturated heterocycles. The number of aliphatic hydroxyl groups is 1. The zero-order valence-electron chi connectivity index (χ0n) is 24.0. The van der Waals surface area contributed by atoms with Crippen molar-refractivity contribution >= 4 is 18.0 Å². The molecule has 1 amide bonds. The minimum atomic E-state index is -0.861. The van der Waals surface area contributed by atoms with Gasteiger partial charge in [-0.05, 0) is 50.8 Å². The molecule has 1 aromatic carbocycles. The number of esters is 2. The second kappa shape index (κ2) is 17.5. The Morgan fingerprint density at radius 1 is 0.949 bits per heavy atom. The number of carbonyl (C=O) groups is 3. The molecule has 0 radical (unpaired) electrons. The Kier molecular flexibility index (Phi) is 15.2. The topological polar surface area (TPSA) is 148 Å². The van der Waals surface area contributed by atoms with Crippen LogP contribution < -0.4 is 19.5 Å². The van der Waals surface area contributed by atoms with Crippen LogP contribution in [0.1, 0.15) is 53.0 Å². The van der Waals surface area contributed by atoms with E-state index in [0.29, 0.717) is 18.6 Å². The Hall–Kier alpha value is -3.09. The average Bonchev–Trinajstić information content (AvgIpc) is 2.85. The molecule has 0 aliphatic heterocycles. The van der Waals surface area contributed by atoms with Crippen molar-refractivity contribution in [2.24, 2.45) is 5.92 Å². The Morgan fingerprint density at radius 3 is 2.05 bits per heavy atom. The second-order valence-electron chi connectivity index (χ2n) is 9.94. The van der Waals surface area contributed by atoms with E-state index < -0.39 is 29.7 Å². The van der Waals surface area contributed by atoms with Crippen LogP contribution in [0.2, 0.25) is 0 Å². The van der Waals surface area contributed by atoms with Crippen LogP contribution in [0.5, 0.6) is 17.2 Å². The predicted octanol–water partition coefficient (Wildman–Crippen LogP) is 3.01. The van der Waals surface area contributed by atoms with Crippen LogP contribution in [-0.2, 0) is 35.1 Å². The highest BCUT2D eigenvalue weighted by atomic mass is 16.6. The molecule has 1 atom stereocenters. The van der Waals surface area contributed by atoms with E-state index in [1.54, 1.807) is 32.9 Å². The lowest BCUT2D eigenvalue weighted by atomic mass is 10.0. The van der Waals surface area contributed by atoms with Crippen LogP contribution in [0, 0.1) is 5.92 Å². The first-order valence-electron chi connectivity index (χ1n) is 12.8. The fourth-order valence-corrected chi connectivity index (χ4v) is 3.22. The molecule has 39 heavy (non-hydrogen) atoms. The monoisotopic (exact) mass is 557 g/mol. The number of ether oxygens (including phenoxy) is 7. The smallest absolute Gasteiger partial charge is 0.408 e. The summed E-state index contributed by atoms with van der Waals surface area (Å²) in [5.41, 5.74) is -0.193. The maximum atomic E-state index is 12.5. The molecular formula is C27H43NO11. The molecule has 0 aliphatic carbocycles. The third kappa shape index (κ3) is 14.0. The number of carbonyl (C=O) groups excluding carboxylic acids is 3. The van der Waals surface area contributed by atoms with E-state index in [-0.39, 0.29) is 62.6 Å². The van der Waals surface area contributed by atoms with Crippen molar-refractivity contribution in [1.29, 1.82) is 0 Å². The van der Waals surface area contributed by atoms with E-state index in [9.17, 15) is 14.4 Å². The average molecular weight is 558 g/mol. The number of amides is 1. The first kappa shape index (κ1) is 33.9. The van der Waals surface area contributed by atoms with Gasteiger partial charge in [-0.25, -0.2) is 9.59 Å². The molecule has 0 heterocycles. The van der Waals surface area contributed by atoms with Crippen LogP contribution in [0.25, 0.3) is 0 Å². The van der Waals surface area contributed by atoms with Crippen LogP contribution >= 0.6 is 0 Å². The molecular weight excluding hydrogens is 514 g/mol. The fraction of sp³-hybridized carbons (Fsp3) is 0.667. The summed E-state index contributed by atoms with van der Waals surface area (Å²) in [5.74, 6) is -0.499. The molecule has 0 bridgehead atoms. The quantitative estimate of drug-likeness (QED) is 0.165. The van der Waals surface area contributed by atoms with Crippen LogP contribution in [0.3, 0.4) is 0 Å². The highest BCUT2D eigenvalue weighted by Crippen LogP contribution is 2.39. The van der Waals surface area contributed by atoms with Crippen molar-refractivity contribution in [2.45, 2.75) is 65.7 Å². The molecule has 222 valence electrons. The summed E-state index contributed by atoms with van der Waals surface area (Å²) in [5, 5.41) is 11.2. The van der Waals surface area contributed by atoms with Gasteiger partial charge in [0.1, 0.15) is 18.2 Å². The summed E-state index contributed by atoms with van der Waals surface area (Å²) in [4.78, 5) is 37.4. The van der Waals surface area contributed by atoms with Gasteiger partial charge < -0.3 is 43.6 Å². The van der Waals surface area contributed by atoms with E-state index >= 15 is 0 Å². The lowest BCUT2D eigenvalue weighted by Crippen LogP contribution is -2.45. The number of hydrogen-bond acceptors (Lipinski definition) is 11. The molecule has 0 spiro atoms. The molecule has 1 aromatic rings. The summed E-state index contributed by atoms with van der Waals surface area (Å²) < 4.78 is 37.3. The van der Waals surface area contributed by atoms with E-state index in [1.807, 2.05) is 13.8 Å². The van der Waals surface area contributed by atoms with Crippen molar-refractivity contribution in [2.75, 3.05) is 47.3 Å². The third-order valence-corrected chi connectivity index (χ3v) is 4.85. The van der Waals surface area contributed by atoms with Crippen molar-refractivity contribution in [3.05, 3.63) is 17.7 Å². The largest absolute Gasteiger partial charge is 0.493 e. The van der Waals surface area contributed by atoms with Gasteiger partial charge in [-0.1, -0.05) is 13.8 Å². The summed E-state index contributed by atoms with van der Waals surface area (Å²) in [6.07, 6.45) is -0.428. The lowest BCUT2D eigenvalue weighted by Gasteiger charge is -2.25. The summed E-state index contributed by atoms with van der Waals surface area (Å²) in [6.45, 7) is 9.81. The standard InChI is InChI=1S/C27H43NO11/c1-18(2)14-20(25(31)39-27(3,4)5)28-26(32)37-17-19-15-21(33-6)24(22(16-19)34-7)38-23(30)8-10-35-12-13-36-11-9-29/h15-16,18,20,29H,8-14,17H2,1-7H3,(H,28,32).